The van der Waals surface area contributed by atoms with Crippen LogP contribution in [0.2, 0.25) is 5.02 Å². The number of nitrogens with zero attached hydrogens (tertiary/aromatic N) is 1. The summed E-state index contributed by atoms with van der Waals surface area (Å²) in [6, 6.07) is 9.53. The Balaban J connectivity index is 0.00000167. The van der Waals surface area contributed by atoms with Crippen LogP contribution in [0.3, 0.4) is 0 Å². The predicted octanol–water partition coefficient (Wildman–Crippen LogP) is 5.83. The molecule has 4 rings (SSSR count). The first-order chi connectivity index (χ1) is 16.7. The molecular formula is C26H30ClFN4O3. The first kappa shape index (κ1) is 26.1. The summed E-state index contributed by atoms with van der Waals surface area (Å²) in [5, 5.41) is 6.00. The number of carbonyl (C=O) groups excluding carboxylic acids is 1. The van der Waals surface area contributed by atoms with Crippen molar-refractivity contribution in [2.45, 2.75) is 46.6 Å². The lowest BCUT2D eigenvalue weighted by Gasteiger charge is -2.21. The number of nitrogens with two attached hydrogens (primary N) is 1. The highest BCUT2D eigenvalue weighted by atomic mass is 35.5. The average molecular weight is 501 g/mol. The van der Waals surface area contributed by atoms with Gasteiger partial charge in [-0.1, -0.05) is 37.6 Å². The van der Waals surface area contributed by atoms with Gasteiger partial charge < -0.3 is 21.1 Å². The molecule has 1 amide bonds. The van der Waals surface area contributed by atoms with Crippen molar-refractivity contribution in [1.29, 1.82) is 0 Å². The maximum Gasteiger partial charge on any atom is 0.259 e. The molecule has 35 heavy (non-hydrogen) atoms. The van der Waals surface area contributed by atoms with Gasteiger partial charge in [-0.15, -0.1) is 0 Å². The smallest absolute Gasteiger partial charge is 0.259 e. The first-order valence-corrected chi connectivity index (χ1v) is 11.8. The highest BCUT2D eigenvalue weighted by Gasteiger charge is 2.31. The Bertz CT molecular complexity index is 1320. The quantitative estimate of drug-likeness (QED) is 0.370. The Morgan fingerprint density at radius 3 is 2.51 bits per heavy atom. The number of nitrogens with one attached hydrogen (secondary N) is 2. The van der Waals surface area contributed by atoms with E-state index in [4.69, 9.17) is 22.1 Å². The molecule has 3 aromatic rings. The first-order valence-electron chi connectivity index (χ1n) is 11.5. The minimum Gasteiger partial charge on any atom is -0.454 e. The number of carbonyl (C=O) groups is 1. The summed E-state index contributed by atoms with van der Waals surface area (Å²) in [7, 11) is 1.51. The van der Waals surface area contributed by atoms with Crippen LogP contribution in [-0.2, 0) is 7.05 Å². The van der Waals surface area contributed by atoms with Gasteiger partial charge in [-0.3, -0.25) is 14.2 Å². The van der Waals surface area contributed by atoms with E-state index in [1.54, 1.807) is 44.2 Å². The molecule has 0 bridgehead atoms. The SMILES string of the molecule is CC.Cc1ccc(Nc2c(C(=O)NC3CC3)c(Oc3cccc(N)c3Cl)c(C)c(=O)n2C)c(F)c1. The molecule has 0 spiro atoms. The summed E-state index contributed by atoms with van der Waals surface area (Å²) < 4.78 is 21.9. The third-order valence-electron chi connectivity index (χ3n) is 5.49. The Morgan fingerprint density at radius 1 is 1.20 bits per heavy atom. The summed E-state index contributed by atoms with van der Waals surface area (Å²) in [6.45, 7) is 7.33. The Kier molecular flexibility index (Phi) is 8.07. The van der Waals surface area contributed by atoms with Crippen LogP contribution >= 0.6 is 11.6 Å². The van der Waals surface area contributed by atoms with E-state index in [9.17, 15) is 14.0 Å². The second-order valence-electron chi connectivity index (χ2n) is 8.16. The zero-order valence-electron chi connectivity index (χ0n) is 20.5. The summed E-state index contributed by atoms with van der Waals surface area (Å²) in [4.78, 5) is 26.4. The average Bonchev–Trinajstić information content (AvgIpc) is 3.65. The fraction of sp³-hybridized carbons (Fsp3) is 0.308. The van der Waals surface area contributed by atoms with Crippen molar-refractivity contribution in [3.05, 3.63) is 74.3 Å². The molecule has 2 aromatic carbocycles. The number of anilines is 3. The number of nitrogen functional groups attached to an aromatic ring is 1. The van der Waals surface area contributed by atoms with Crippen LogP contribution < -0.4 is 26.7 Å². The Morgan fingerprint density at radius 2 is 1.89 bits per heavy atom. The van der Waals surface area contributed by atoms with E-state index in [2.05, 4.69) is 10.6 Å². The number of rotatable bonds is 6. The van der Waals surface area contributed by atoms with Crippen LogP contribution in [0.15, 0.2) is 41.2 Å². The number of halogens is 2. The van der Waals surface area contributed by atoms with Gasteiger partial charge in [-0.05, 0) is 56.5 Å². The lowest BCUT2D eigenvalue weighted by Crippen LogP contribution is -2.31. The molecule has 1 heterocycles. The Labute approximate surface area is 209 Å². The Hall–Kier alpha value is -3.52. The zero-order chi connectivity index (χ0) is 25.9. The van der Waals surface area contributed by atoms with Crippen LogP contribution in [0.1, 0.15) is 48.2 Å². The van der Waals surface area contributed by atoms with Crippen molar-refractivity contribution in [3.8, 4) is 11.5 Å². The largest absolute Gasteiger partial charge is 0.454 e. The summed E-state index contributed by atoms with van der Waals surface area (Å²) in [5.74, 6) is -0.638. The van der Waals surface area contributed by atoms with Crippen LogP contribution in [0.4, 0.5) is 21.6 Å². The molecule has 0 radical (unpaired) electrons. The molecule has 186 valence electrons. The normalized spacial score (nSPS) is 12.4. The standard InChI is InChI=1S/C24H24ClFN4O3.C2H6/c1-12-7-10-17(15(26)11-12)29-22-19(23(31)28-14-8-9-14)21(13(2)24(32)30(22)3)33-18-6-4-5-16(27)20(18)25;1-2/h4-7,10-11,14,29H,8-9,27H2,1-3H3,(H,28,31);1-2H3. The van der Waals surface area contributed by atoms with Crippen LogP contribution in [0.25, 0.3) is 0 Å². The highest BCUT2D eigenvalue weighted by molar-refractivity contribution is 6.34. The van der Waals surface area contributed by atoms with Gasteiger partial charge in [-0.25, -0.2) is 4.39 Å². The molecular weight excluding hydrogens is 471 g/mol. The molecule has 1 fully saturated rings. The third-order valence-corrected chi connectivity index (χ3v) is 5.89. The van der Waals surface area contributed by atoms with Gasteiger partial charge in [0.2, 0.25) is 0 Å². The van der Waals surface area contributed by atoms with Crippen molar-refractivity contribution in [3.63, 3.8) is 0 Å². The van der Waals surface area contributed by atoms with Crippen molar-refractivity contribution in [2.75, 3.05) is 11.1 Å². The minimum absolute atomic E-state index is 0.0266. The van der Waals surface area contributed by atoms with Crippen molar-refractivity contribution >= 4 is 34.7 Å². The number of amides is 1. The molecule has 1 aliphatic rings. The van der Waals surface area contributed by atoms with Gasteiger partial charge in [-0.2, -0.15) is 0 Å². The molecule has 0 aliphatic heterocycles. The van der Waals surface area contributed by atoms with Gasteiger partial charge in [0.15, 0.2) is 5.75 Å². The highest BCUT2D eigenvalue weighted by Crippen LogP contribution is 2.38. The van der Waals surface area contributed by atoms with E-state index >= 15 is 0 Å². The number of hydrogen-bond donors (Lipinski definition) is 3. The van der Waals surface area contributed by atoms with Gasteiger partial charge in [0.25, 0.3) is 11.5 Å². The number of pyridine rings is 1. The zero-order valence-corrected chi connectivity index (χ0v) is 21.2. The van der Waals surface area contributed by atoms with Gasteiger partial charge in [0, 0.05) is 13.1 Å². The minimum atomic E-state index is -0.516. The summed E-state index contributed by atoms with van der Waals surface area (Å²) in [5.41, 5.74) is 6.89. The third kappa shape index (κ3) is 5.59. The van der Waals surface area contributed by atoms with E-state index < -0.39 is 17.3 Å². The molecule has 9 heteroatoms. The van der Waals surface area contributed by atoms with E-state index in [0.29, 0.717) is 5.69 Å². The fourth-order valence-electron chi connectivity index (χ4n) is 3.45. The number of hydrogen-bond acceptors (Lipinski definition) is 5. The number of benzene rings is 2. The molecule has 0 saturated heterocycles. The molecule has 0 unspecified atom stereocenters. The lowest BCUT2D eigenvalue weighted by atomic mass is 10.1. The monoisotopic (exact) mass is 500 g/mol. The van der Waals surface area contributed by atoms with Crippen molar-refractivity contribution in [2.24, 2.45) is 7.05 Å². The molecule has 1 aliphatic carbocycles. The summed E-state index contributed by atoms with van der Waals surface area (Å²) in [6.07, 6.45) is 1.73. The topological polar surface area (TPSA) is 98.4 Å². The maximum atomic E-state index is 14.6. The molecule has 1 saturated carbocycles. The molecule has 7 nitrogen and oxygen atoms in total. The molecule has 0 atom stereocenters. The molecule has 1 aromatic heterocycles. The van der Waals surface area contributed by atoms with Crippen molar-refractivity contribution < 1.29 is 13.9 Å². The lowest BCUT2D eigenvalue weighted by molar-refractivity contribution is 0.0948. The van der Waals surface area contributed by atoms with Crippen LogP contribution in [0, 0.1) is 19.7 Å². The number of ether oxygens (including phenoxy) is 1. The number of aryl methyl sites for hydroxylation is 1. The summed E-state index contributed by atoms with van der Waals surface area (Å²) >= 11 is 6.30. The second kappa shape index (κ2) is 10.8. The second-order valence-corrected chi connectivity index (χ2v) is 8.54. The van der Waals surface area contributed by atoms with E-state index in [1.807, 2.05) is 13.8 Å². The van der Waals surface area contributed by atoms with E-state index in [-0.39, 0.29) is 45.2 Å². The van der Waals surface area contributed by atoms with Crippen molar-refractivity contribution in [1.82, 2.24) is 9.88 Å². The van der Waals surface area contributed by atoms with Gasteiger partial charge in [0.1, 0.15) is 28.0 Å². The fourth-order valence-corrected chi connectivity index (χ4v) is 3.61. The van der Waals surface area contributed by atoms with Crippen LogP contribution in [0.5, 0.6) is 11.5 Å². The van der Waals surface area contributed by atoms with Gasteiger partial charge in [0.05, 0.1) is 16.9 Å². The van der Waals surface area contributed by atoms with E-state index in [0.717, 1.165) is 18.4 Å². The maximum absolute atomic E-state index is 14.6. The van der Waals surface area contributed by atoms with E-state index in [1.165, 1.54) is 17.7 Å². The van der Waals surface area contributed by atoms with Crippen LogP contribution in [-0.4, -0.2) is 16.5 Å². The predicted molar refractivity (Wildman–Crippen MR) is 139 cm³/mol. The van der Waals surface area contributed by atoms with Gasteiger partial charge >= 0.3 is 0 Å². The number of aromatic nitrogens is 1. The molecule has 4 N–H and O–H groups in total.